The van der Waals surface area contributed by atoms with Crippen molar-refractivity contribution in [2.75, 3.05) is 32.6 Å². The highest BCUT2D eigenvalue weighted by molar-refractivity contribution is 6.32. The van der Waals surface area contributed by atoms with Crippen molar-refractivity contribution in [1.29, 1.82) is 0 Å². The number of nitrogens with zero attached hydrogens (tertiary/aromatic N) is 5. The summed E-state index contributed by atoms with van der Waals surface area (Å²) in [6.45, 7) is 4.35. The summed E-state index contributed by atoms with van der Waals surface area (Å²) < 4.78 is 7.00. The number of methoxy groups -OCH3 is 1. The minimum absolute atomic E-state index is 0.158. The lowest BCUT2D eigenvalue weighted by Crippen LogP contribution is -2.37. The van der Waals surface area contributed by atoms with Gasteiger partial charge < -0.3 is 20.7 Å². The molecule has 11 heteroatoms. The molecule has 2 atom stereocenters. The Balaban J connectivity index is 1.53. The molecule has 1 saturated carbocycles. The maximum Gasteiger partial charge on any atom is 0.255 e. The van der Waals surface area contributed by atoms with Gasteiger partial charge in [0, 0.05) is 31.7 Å². The van der Waals surface area contributed by atoms with E-state index in [0.29, 0.717) is 47.4 Å². The minimum atomic E-state index is -0.667. The Labute approximate surface area is 225 Å². The second kappa shape index (κ2) is 10.4. The van der Waals surface area contributed by atoms with Gasteiger partial charge in [-0.15, -0.1) is 0 Å². The largest absolute Gasteiger partial charge is 0.383 e. The number of rotatable bonds is 7. The lowest BCUT2D eigenvalue weighted by molar-refractivity contribution is -0.127. The summed E-state index contributed by atoms with van der Waals surface area (Å²) in [6, 6.07) is 3.29. The lowest BCUT2D eigenvalue weighted by Gasteiger charge is -2.22. The second-order valence-electron chi connectivity index (χ2n) is 9.50. The number of anilines is 1. The van der Waals surface area contributed by atoms with E-state index < -0.39 is 5.91 Å². The van der Waals surface area contributed by atoms with Crippen molar-refractivity contribution in [2.24, 2.45) is 5.73 Å². The fourth-order valence-electron chi connectivity index (χ4n) is 5.11. The van der Waals surface area contributed by atoms with Crippen molar-refractivity contribution >= 4 is 40.1 Å². The van der Waals surface area contributed by atoms with Crippen LogP contribution < -0.4 is 11.1 Å². The zero-order valence-electron chi connectivity index (χ0n) is 21.2. The third kappa shape index (κ3) is 4.71. The third-order valence-corrected chi connectivity index (χ3v) is 7.35. The Morgan fingerprint density at radius 1 is 1.34 bits per heavy atom. The average Bonchev–Trinajstić information content (AvgIpc) is 3.56. The van der Waals surface area contributed by atoms with Crippen LogP contribution in [0.2, 0.25) is 5.02 Å². The highest BCUT2D eigenvalue weighted by Gasteiger charge is 2.38. The Morgan fingerprint density at radius 2 is 2.13 bits per heavy atom. The van der Waals surface area contributed by atoms with Crippen molar-refractivity contribution < 1.29 is 14.3 Å². The Morgan fingerprint density at radius 3 is 2.79 bits per heavy atom. The molecule has 0 bridgehead atoms. The van der Waals surface area contributed by atoms with Crippen molar-refractivity contribution in [3.05, 3.63) is 58.4 Å². The molecule has 2 amide bonds. The van der Waals surface area contributed by atoms with E-state index in [-0.39, 0.29) is 29.2 Å². The van der Waals surface area contributed by atoms with E-state index >= 15 is 0 Å². The number of nitrogens with one attached hydrogen (secondary N) is 1. The maximum absolute atomic E-state index is 12.5. The SMILES string of the molecule is C=CC(=O)N1C[C@@H](n2nc(C#Cc3cc4nncc(C5CC5)c4cc3Cl)c(C(N)=O)c2NC)C[C@@H]1COC. The average molecular weight is 534 g/mol. The fraction of sp³-hybridized carbons (Fsp3) is 0.370. The number of carbonyl (C=O) groups is 2. The van der Waals surface area contributed by atoms with Crippen LogP contribution in [0.3, 0.4) is 0 Å². The number of likely N-dealkylation sites (tertiary alicyclic amines) is 1. The molecule has 5 rings (SSSR count). The van der Waals surface area contributed by atoms with Gasteiger partial charge in [0.25, 0.3) is 5.91 Å². The molecule has 2 fully saturated rings. The van der Waals surface area contributed by atoms with E-state index in [1.54, 1.807) is 36.0 Å². The summed E-state index contributed by atoms with van der Waals surface area (Å²) in [5.74, 6) is 6.10. The van der Waals surface area contributed by atoms with E-state index in [0.717, 1.165) is 23.8 Å². The molecule has 1 aromatic carbocycles. The predicted octanol–water partition coefficient (Wildman–Crippen LogP) is 2.87. The van der Waals surface area contributed by atoms with E-state index in [1.807, 2.05) is 6.07 Å². The van der Waals surface area contributed by atoms with Crippen LogP contribution in [0.1, 0.15) is 58.4 Å². The van der Waals surface area contributed by atoms with Crippen LogP contribution >= 0.6 is 11.6 Å². The highest BCUT2D eigenvalue weighted by Crippen LogP contribution is 2.43. The first-order valence-corrected chi connectivity index (χ1v) is 12.7. The molecule has 3 aromatic rings. The van der Waals surface area contributed by atoms with Gasteiger partial charge in [0.15, 0.2) is 5.69 Å². The van der Waals surface area contributed by atoms with Crippen LogP contribution in [-0.2, 0) is 9.53 Å². The number of carbonyl (C=O) groups excluding carboxylic acids is 2. The molecule has 0 radical (unpaired) electrons. The van der Waals surface area contributed by atoms with Gasteiger partial charge in [0.05, 0.1) is 35.4 Å². The molecule has 3 heterocycles. The van der Waals surface area contributed by atoms with Gasteiger partial charge in [0.1, 0.15) is 11.4 Å². The zero-order valence-corrected chi connectivity index (χ0v) is 22.0. The molecule has 0 unspecified atom stereocenters. The van der Waals surface area contributed by atoms with E-state index in [4.69, 9.17) is 22.1 Å². The Kier molecular flexibility index (Phi) is 7.06. The van der Waals surface area contributed by atoms with E-state index in [2.05, 4.69) is 39.0 Å². The number of fused-ring (bicyclic) bond motifs is 1. The smallest absolute Gasteiger partial charge is 0.255 e. The van der Waals surface area contributed by atoms with Crippen molar-refractivity contribution in [3.63, 3.8) is 0 Å². The van der Waals surface area contributed by atoms with Crippen LogP contribution in [0.15, 0.2) is 31.0 Å². The van der Waals surface area contributed by atoms with Crippen molar-refractivity contribution in [2.45, 2.75) is 37.3 Å². The lowest BCUT2D eigenvalue weighted by atomic mass is 10.0. The molecular weight excluding hydrogens is 506 g/mol. The number of nitrogens with two attached hydrogens (primary N) is 1. The maximum atomic E-state index is 12.5. The molecule has 0 spiro atoms. The van der Waals surface area contributed by atoms with Crippen LogP contribution in [0, 0.1) is 11.8 Å². The summed E-state index contributed by atoms with van der Waals surface area (Å²) in [4.78, 5) is 26.6. The topological polar surface area (TPSA) is 128 Å². The molecule has 3 N–H and O–H groups in total. The number of hydrogen-bond acceptors (Lipinski definition) is 7. The molecule has 2 aliphatic rings. The monoisotopic (exact) mass is 533 g/mol. The first kappa shape index (κ1) is 25.7. The Bertz CT molecular complexity index is 1500. The van der Waals surface area contributed by atoms with Gasteiger partial charge in [-0.25, -0.2) is 4.68 Å². The van der Waals surface area contributed by atoms with Gasteiger partial charge in [-0.3, -0.25) is 9.59 Å². The van der Waals surface area contributed by atoms with Crippen LogP contribution in [0.4, 0.5) is 5.82 Å². The number of primary amides is 1. The van der Waals surface area contributed by atoms with Crippen molar-refractivity contribution in [1.82, 2.24) is 24.9 Å². The normalized spacial score (nSPS) is 18.8. The van der Waals surface area contributed by atoms with Gasteiger partial charge in [-0.1, -0.05) is 24.1 Å². The molecule has 1 aliphatic heterocycles. The number of aromatic nitrogens is 4. The molecule has 10 nitrogen and oxygen atoms in total. The zero-order chi connectivity index (χ0) is 27.0. The first-order valence-electron chi connectivity index (χ1n) is 12.3. The number of ether oxygens (including phenoxy) is 1. The summed E-state index contributed by atoms with van der Waals surface area (Å²) in [6.07, 6.45) is 5.94. The predicted molar refractivity (Wildman–Crippen MR) is 144 cm³/mol. The summed E-state index contributed by atoms with van der Waals surface area (Å²) in [5, 5.41) is 17.5. The standard InChI is InChI=1S/C27H28ClN7O3/c1-4-24(36)34-13-17(10-18(34)14-38-3)35-27(30-2)25(26(29)37)22(33-35)8-7-16-9-23-19(11-21(16)28)20(12-31-32-23)15-5-6-15/h4,9,11-12,15,17-18,30H,1,5-6,10,13-14H2,2-3H3,(H2,29,37)/t17-,18+/m0/s1. The first-order chi connectivity index (χ1) is 18.4. The Hall–Kier alpha value is -3.94. The third-order valence-electron chi connectivity index (χ3n) is 7.04. The van der Waals surface area contributed by atoms with Gasteiger partial charge in [-0.2, -0.15) is 15.3 Å². The van der Waals surface area contributed by atoms with Crippen LogP contribution in [0.25, 0.3) is 10.9 Å². The molecule has 1 aliphatic carbocycles. The minimum Gasteiger partial charge on any atom is -0.383 e. The van der Waals surface area contributed by atoms with Crippen LogP contribution in [0.5, 0.6) is 0 Å². The van der Waals surface area contributed by atoms with E-state index in [9.17, 15) is 9.59 Å². The van der Waals surface area contributed by atoms with Crippen LogP contribution in [-0.4, -0.2) is 70.0 Å². The number of hydrogen-bond donors (Lipinski definition) is 2. The molecule has 38 heavy (non-hydrogen) atoms. The summed E-state index contributed by atoms with van der Waals surface area (Å²) in [7, 11) is 3.27. The quantitative estimate of drug-likeness (QED) is 0.353. The van der Waals surface area contributed by atoms with Gasteiger partial charge in [-0.05, 0) is 54.9 Å². The second-order valence-corrected chi connectivity index (χ2v) is 9.91. The number of halogens is 1. The fourth-order valence-corrected chi connectivity index (χ4v) is 5.32. The van der Waals surface area contributed by atoms with E-state index in [1.165, 1.54) is 6.08 Å². The van der Waals surface area contributed by atoms with Gasteiger partial charge >= 0.3 is 0 Å². The molecule has 196 valence electrons. The number of amides is 2. The summed E-state index contributed by atoms with van der Waals surface area (Å²) in [5.41, 5.74) is 8.55. The number of benzene rings is 1. The van der Waals surface area contributed by atoms with Crippen molar-refractivity contribution in [3.8, 4) is 11.8 Å². The molecule has 2 aromatic heterocycles. The molecule has 1 saturated heterocycles. The molecular formula is C27H28ClN7O3. The highest BCUT2D eigenvalue weighted by atomic mass is 35.5. The summed E-state index contributed by atoms with van der Waals surface area (Å²) >= 11 is 6.60. The van der Waals surface area contributed by atoms with Gasteiger partial charge in [0.2, 0.25) is 5.91 Å².